The van der Waals surface area contributed by atoms with Gasteiger partial charge in [-0.3, -0.25) is 0 Å². The van der Waals surface area contributed by atoms with E-state index in [9.17, 15) is 4.79 Å². The lowest BCUT2D eigenvalue weighted by molar-refractivity contribution is -0.139. The quantitative estimate of drug-likeness (QED) is 0.169. The lowest BCUT2D eigenvalue weighted by Gasteiger charge is -2.25. The molecule has 0 bridgehead atoms. The summed E-state index contributed by atoms with van der Waals surface area (Å²) in [5.41, 5.74) is -0.170. The zero-order chi connectivity index (χ0) is 18.1. The summed E-state index contributed by atoms with van der Waals surface area (Å²) in [4.78, 5) is 11.1. The van der Waals surface area contributed by atoms with Crippen LogP contribution in [0, 0.1) is 0 Å². The molecule has 0 fully saturated rings. The molecule has 0 amide bonds. The summed E-state index contributed by atoms with van der Waals surface area (Å²) >= 11 is 0. The van der Waals surface area contributed by atoms with Gasteiger partial charge in [-0.15, -0.1) is 17.0 Å². The van der Waals surface area contributed by atoms with Gasteiger partial charge in [0.2, 0.25) is 0 Å². The van der Waals surface area contributed by atoms with Crippen LogP contribution in [0.2, 0.25) is 0 Å². The standard InChI is InChI=1S/C21H41NO2.BrH/c1-5-7-8-9-10-11-12-13-14-15-16-17-18-22-21(3,4)19-24-20(23)6-2;/h6,22H,2,5,7-19H2,1,3-4H3;1H. The Morgan fingerprint density at radius 3 is 1.80 bits per heavy atom. The van der Waals surface area contributed by atoms with E-state index in [1.807, 2.05) is 0 Å². The van der Waals surface area contributed by atoms with Gasteiger partial charge in [-0.25, -0.2) is 4.79 Å². The van der Waals surface area contributed by atoms with Crippen LogP contribution < -0.4 is 5.32 Å². The molecule has 0 radical (unpaired) electrons. The topological polar surface area (TPSA) is 38.3 Å². The first-order valence-electron chi connectivity index (χ1n) is 10.1. The van der Waals surface area contributed by atoms with Gasteiger partial charge in [0, 0.05) is 11.6 Å². The van der Waals surface area contributed by atoms with E-state index in [1.165, 1.54) is 83.1 Å². The molecule has 0 aromatic heterocycles. The van der Waals surface area contributed by atoms with Gasteiger partial charge < -0.3 is 10.1 Å². The number of hydrogen-bond acceptors (Lipinski definition) is 3. The van der Waals surface area contributed by atoms with Crippen LogP contribution in [0.3, 0.4) is 0 Å². The van der Waals surface area contributed by atoms with Gasteiger partial charge in [0.05, 0.1) is 0 Å². The average molecular weight is 420 g/mol. The summed E-state index contributed by atoms with van der Waals surface area (Å²) in [7, 11) is 0. The van der Waals surface area contributed by atoms with E-state index in [-0.39, 0.29) is 28.5 Å². The van der Waals surface area contributed by atoms with Gasteiger partial charge in [0.15, 0.2) is 0 Å². The molecule has 0 saturated heterocycles. The molecule has 0 saturated carbocycles. The highest BCUT2D eigenvalue weighted by Crippen LogP contribution is 2.12. The van der Waals surface area contributed by atoms with E-state index in [2.05, 4.69) is 32.7 Å². The molecule has 0 heterocycles. The van der Waals surface area contributed by atoms with E-state index in [0.717, 1.165) is 6.54 Å². The third kappa shape index (κ3) is 19.8. The SMILES string of the molecule is Br.C=CC(=O)OCC(C)(C)NCCCCCCCCCCCCCC. The molecule has 0 aliphatic rings. The number of nitrogens with one attached hydrogen (secondary N) is 1. The van der Waals surface area contributed by atoms with Crippen LogP contribution in [0.15, 0.2) is 12.7 Å². The van der Waals surface area contributed by atoms with Crippen molar-refractivity contribution in [3.05, 3.63) is 12.7 Å². The number of unbranched alkanes of at least 4 members (excludes halogenated alkanes) is 11. The average Bonchev–Trinajstić information content (AvgIpc) is 2.57. The number of rotatable bonds is 17. The number of halogens is 1. The molecule has 4 heteroatoms. The highest BCUT2D eigenvalue weighted by atomic mass is 79.9. The summed E-state index contributed by atoms with van der Waals surface area (Å²) in [5, 5.41) is 3.46. The second kappa shape index (κ2) is 18.4. The molecule has 0 aromatic rings. The summed E-state index contributed by atoms with van der Waals surface area (Å²) in [6.07, 6.45) is 17.6. The molecule has 0 aromatic carbocycles. The van der Waals surface area contributed by atoms with Gasteiger partial charge in [-0.2, -0.15) is 0 Å². The Hall–Kier alpha value is -0.350. The van der Waals surface area contributed by atoms with Crippen LogP contribution in [-0.4, -0.2) is 24.7 Å². The molecule has 1 N–H and O–H groups in total. The lowest BCUT2D eigenvalue weighted by Crippen LogP contribution is -2.44. The third-order valence-electron chi connectivity index (χ3n) is 4.38. The van der Waals surface area contributed by atoms with E-state index in [1.54, 1.807) is 0 Å². The van der Waals surface area contributed by atoms with Crippen LogP contribution in [0.1, 0.15) is 97.8 Å². The maximum absolute atomic E-state index is 11.1. The van der Waals surface area contributed by atoms with Crippen molar-refractivity contribution in [3.8, 4) is 0 Å². The van der Waals surface area contributed by atoms with Crippen LogP contribution in [0.5, 0.6) is 0 Å². The first-order valence-corrected chi connectivity index (χ1v) is 10.1. The van der Waals surface area contributed by atoms with Crippen molar-refractivity contribution in [2.45, 2.75) is 103 Å². The number of ether oxygens (including phenoxy) is 1. The van der Waals surface area contributed by atoms with Gasteiger partial charge in [-0.1, -0.05) is 84.1 Å². The van der Waals surface area contributed by atoms with E-state index in [0.29, 0.717) is 6.61 Å². The minimum Gasteiger partial charge on any atom is -0.461 e. The predicted octanol–water partition coefficient (Wildman–Crippen LogP) is 6.36. The first kappa shape index (κ1) is 26.9. The zero-order valence-corrected chi connectivity index (χ0v) is 18.6. The fraction of sp³-hybridized carbons (Fsp3) is 0.857. The normalized spacial score (nSPS) is 11.0. The van der Waals surface area contributed by atoms with Gasteiger partial charge in [0.1, 0.15) is 6.61 Å². The first-order chi connectivity index (χ1) is 11.5. The van der Waals surface area contributed by atoms with Gasteiger partial charge in [0.25, 0.3) is 0 Å². The molecule has 0 rings (SSSR count). The molecule has 0 spiro atoms. The molecule has 0 atom stereocenters. The Bertz CT molecular complexity index is 319. The molecule has 3 nitrogen and oxygen atoms in total. The van der Waals surface area contributed by atoms with Crippen LogP contribution >= 0.6 is 17.0 Å². The van der Waals surface area contributed by atoms with Gasteiger partial charge in [-0.05, 0) is 26.8 Å². The molecule has 0 aliphatic carbocycles. The molecule has 0 unspecified atom stereocenters. The summed E-state index contributed by atoms with van der Waals surface area (Å²) < 4.78 is 5.10. The Balaban J connectivity index is 0. The number of esters is 1. The maximum Gasteiger partial charge on any atom is 0.330 e. The largest absolute Gasteiger partial charge is 0.461 e. The molecule has 25 heavy (non-hydrogen) atoms. The van der Waals surface area contributed by atoms with Gasteiger partial charge >= 0.3 is 5.97 Å². The molecular weight excluding hydrogens is 378 g/mol. The zero-order valence-electron chi connectivity index (χ0n) is 16.9. The Morgan fingerprint density at radius 2 is 1.36 bits per heavy atom. The van der Waals surface area contributed by atoms with Crippen molar-refractivity contribution in [2.75, 3.05) is 13.2 Å². The fourth-order valence-electron chi connectivity index (χ4n) is 2.75. The second-order valence-corrected chi connectivity index (χ2v) is 7.51. The minimum atomic E-state index is -0.352. The lowest BCUT2D eigenvalue weighted by atomic mass is 10.0. The second-order valence-electron chi connectivity index (χ2n) is 7.51. The van der Waals surface area contributed by atoms with Crippen LogP contribution in [-0.2, 0) is 9.53 Å². The minimum absolute atomic E-state index is 0. The highest BCUT2D eigenvalue weighted by Gasteiger charge is 2.18. The fourth-order valence-corrected chi connectivity index (χ4v) is 2.75. The van der Waals surface area contributed by atoms with E-state index >= 15 is 0 Å². The van der Waals surface area contributed by atoms with Crippen molar-refractivity contribution >= 4 is 23.0 Å². The van der Waals surface area contributed by atoms with Crippen molar-refractivity contribution in [3.63, 3.8) is 0 Å². The Kier molecular flexibility index (Phi) is 19.8. The van der Waals surface area contributed by atoms with Crippen molar-refractivity contribution < 1.29 is 9.53 Å². The maximum atomic E-state index is 11.1. The summed E-state index contributed by atoms with van der Waals surface area (Å²) in [6, 6.07) is 0. The van der Waals surface area contributed by atoms with Crippen molar-refractivity contribution in [2.24, 2.45) is 0 Å². The highest BCUT2D eigenvalue weighted by molar-refractivity contribution is 8.93. The number of carbonyl (C=O) groups excluding carboxylic acids is 1. The molecular formula is C21H42BrNO2. The number of hydrogen-bond donors (Lipinski definition) is 1. The smallest absolute Gasteiger partial charge is 0.330 e. The summed E-state index contributed by atoms with van der Waals surface area (Å²) in [5.74, 6) is -0.352. The number of carbonyl (C=O) groups is 1. The molecule has 150 valence electrons. The van der Waals surface area contributed by atoms with Crippen molar-refractivity contribution in [1.29, 1.82) is 0 Å². The van der Waals surface area contributed by atoms with E-state index < -0.39 is 0 Å². The predicted molar refractivity (Wildman–Crippen MR) is 115 cm³/mol. The Morgan fingerprint density at radius 1 is 0.920 bits per heavy atom. The summed E-state index contributed by atoms with van der Waals surface area (Å²) in [6.45, 7) is 11.2. The Labute approximate surface area is 167 Å². The monoisotopic (exact) mass is 419 g/mol. The van der Waals surface area contributed by atoms with Crippen molar-refractivity contribution in [1.82, 2.24) is 5.32 Å². The van der Waals surface area contributed by atoms with Crippen LogP contribution in [0.4, 0.5) is 0 Å². The van der Waals surface area contributed by atoms with E-state index in [4.69, 9.17) is 4.74 Å². The van der Waals surface area contributed by atoms with Crippen LogP contribution in [0.25, 0.3) is 0 Å². The molecule has 0 aliphatic heterocycles. The third-order valence-corrected chi connectivity index (χ3v) is 4.38.